The van der Waals surface area contributed by atoms with Crippen LogP contribution in [0.15, 0.2) is 53.0 Å². The molecule has 6 heteroatoms. The predicted octanol–water partition coefficient (Wildman–Crippen LogP) is 3.21. The number of hydrogen-bond donors (Lipinski definition) is 1. The maximum absolute atomic E-state index is 5.78. The molecule has 0 saturated carbocycles. The molecule has 100 valence electrons. The fourth-order valence-corrected chi connectivity index (χ4v) is 2.27. The van der Waals surface area contributed by atoms with Crippen LogP contribution in [0.25, 0.3) is 11.4 Å². The number of halogens is 1. The van der Waals surface area contributed by atoms with Crippen molar-refractivity contribution in [3.05, 3.63) is 58.6 Å². The first-order valence-electron chi connectivity index (χ1n) is 6.03. The van der Waals surface area contributed by atoms with Crippen molar-refractivity contribution in [2.75, 3.05) is 0 Å². The normalized spacial score (nSPS) is 10.4. The van der Waals surface area contributed by atoms with E-state index in [0.717, 1.165) is 21.3 Å². The lowest BCUT2D eigenvalue weighted by atomic mass is 10.2. The molecule has 0 bridgehead atoms. The highest BCUT2D eigenvalue weighted by atomic mass is 79.9. The van der Waals surface area contributed by atoms with Gasteiger partial charge in [0.25, 0.3) is 0 Å². The first kappa shape index (κ1) is 12.8. The molecule has 0 aliphatic carbocycles. The third kappa shape index (κ3) is 2.85. The van der Waals surface area contributed by atoms with Crippen molar-refractivity contribution in [2.24, 2.45) is 0 Å². The Morgan fingerprint density at radius 1 is 1.10 bits per heavy atom. The summed E-state index contributed by atoms with van der Waals surface area (Å²) in [7, 11) is 0. The van der Waals surface area contributed by atoms with Crippen LogP contribution in [0, 0.1) is 0 Å². The van der Waals surface area contributed by atoms with Gasteiger partial charge in [0.1, 0.15) is 12.4 Å². The maximum atomic E-state index is 5.78. The van der Waals surface area contributed by atoms with Crippen LogP contribution in [0.4, 0.5) is 0 Å². The van der Waals surface area contributed by atoms with E-state index in [1.165, 1.54) is 0 Å². The lowest BCUT2D eigenvalue weighted by molar-refractivity contribution is 0.304. The van der Waals surface area contributed by atoms with Gasteiger partial charge < -0.3 is 4.74 Å². The minimum Gasteiger partial charge on any atom is -0.488 e. The van der Waals surface area contributed by atoms with E-state index in [-0.39, 0.29) is 0 Å². The van der Waals surface area contributed by atoms with Crippen LogP contribution in [0.2, 0.25) is 0 Å². The van der Waals surface area contributed by atoms with E-state index < -0.39 is 0 Å². The van der Waals surface area contributed by atoms with Crippen molar-refractivity contribution in [3.8, 4) is 17.1 Å². The Morgan fingerprint density at radius 2 is 1.95 bits per heavy atom. The van der Waals surface area contributed by atoms with E-state index in [1.54, 1.807) is 0 Å². The Labute approximate surface area is 124 Å². The molecule has 1 heterocycles. The number of H-pyrrole nitrogens is 1. The van der Waals surface area contributed by atoms with Crippen LogP contribution < -0.4 is 4.74 Å². The monoisotopic (exact) mass is 330 g/mol. The summed E-state index contributed by atoms with van der Waals surface area (Å²) in [6, 6.07) is 15.7. The molecule has 5 nitrogen and oxygen atoms in total. The Hall–Kier alpha value is -2.21. The summed E-state index contributed by atoms with van der Waals surface area (Å²) in [4.78, 5) is 0. The van der Waals surface area contributed by atoms with E-state index in [1.807, 2.05) is 48.5 Å². The topological polar surface area (TPSA) is 63.7 Å². The fraction of sp³-hybridized carbons (Fsp3) is 0.0714. The van der Waals surface area contributed by atoms with E-state index in [0.29, 0.717) is 12.4 Å². The fourth-order valence-electron chi connectivity index (χ4n) is 1.78. The Morgan fingerprint density at radius 3 is 2.65 bits per heavy atom. The zero-order chi connectivity index (χ0) is 13.8. The largest absolute Gasteiger partial charge is 0.488 e. The van der Waals surface area contributed by atoms with Gasteiger partial charge in [-0.3, -0.25) is 0 Å². The van der Waals surface area contributed by atoms with Gasteiger partial charge in [0, 0.05) is 5.56 Å². The molecular formula is C14H11BrN4O. The van der Waals surface area contributed by atoms with Gasteiger partial charge in [0.2, 0.25) is 5.82 Å². The minimum absolute atomic E-state index is 0.529. The second-order valence-corrected chi connectivity index (χ2v) is 5.01. The number of nitrogens with zero attached hydrogens (tertiary/aromatic N) is 3. The molecule has 0 radical (unpaired) electrons. The van der Waals surface area contributed by atoms with Gasteiger partial charge >= 0.3 is 0 Å². The Balaban J connectivity index is 1.75. The molecule has 0 saturated heterocycles. The number of ether oxygens (including phenoxy) is 1. The Kier molecular flexibility index (Phi) is 3.73. The van der Waals surface area contributed by atoms with Crippen LogP contribution in [0.5, 0.6) is 5.75 Å². The van der Waals surface area contributed by atoms with Crippen molar-refractivity contribution in [1.29, 1.82) is 0 Å². The van der Waals surface area contributed by atoms with Gasteiger partial charge in [-0.1, -0.05) is 30.3 Å². The molecular weight excluding hydrogens is 320 g/mol. The third-order valence-electron chi connectivity index (χ3n) is 2.77. The highest BCUT2D eigenvalue weighted by molar-refractivity contribution is 9.10. The molecule has 0 unspecified atom stereocenters. The van der Waals surface area contributed by atoms with Gasteiger partial charge in [-0.2, -0.15) is 5.21 Å². The first-order chi connectivity index (χ1) is 9.83. The minimum atomic E-state index is 0.529. The quantitative estimate of drug-likeness (QED) is 0.797. The summed E-state index contributed by atoms with van der Waals surface area (Å²) < 4.78 is 6.64. The zero-order valence-corrected chi connectivity index (χ0v) is 12.0. The van der Waals surface area contributed by atoms with Gasteiger partial charge in [-0.15, -0.1) is 10.2 Å². The number of nitrogens with one attached hydrogen (secondary N) is 1. The SMILES string of the molecule is Brc1cc(-c2nn[nH]n2)ccc1OCc1ccccc1. The Bertz CT molecular complexity index is 686. The molecule has 3 aromatic rings. The molecule has 1 aromatic heterocycles. The van der Waals surface area contributed by atoms with E-state index in [9.17, 15) is 0 Å². The number of aromatic amines is 1. The zero-order valence-electron chi connectivity index (χ0n) is 10.5. The summed E-state index contributed by atoms with van der Waals surface area (Å²) in [6.07, 6.45) is 0. The highest BCUT2D eigenvalue weighted by Crippen LogP contribution is 2.29. The van der Waals surface area contributed by atoms with Crippen molar-refractivity contribution < 1.29 is 4.74 Å². The number of tetrazole rings is 1. The molecule has 20 heavy (non-hydrogen) atoms. The predicted molar refractivity (Wildman–Crippen MR) is 78.1 cm³/mol. The summed E-state index contributed by atoms with van der Waals surface area (Å²) in [5, 5.41) is 13.9. The van der Waals surface area contributed by atoms with E-state index >= 15 is 0 Å². The van der Waals surface area contributed by atoms with Gasteiger partial charge in [-0.25, -0.2) is 0 Å². The lowest BCUT2D eigenvalue weighted by Crippen LogP contribution is -1.96. The highest BCUT2D eigenvalue weighted by Gasteiger charge is 2.07. The van der Waals surface area contributed by atoms with Crippen molar-refractivity contribution >= 4 is 15.9 Å². The molecule has 0 aliphatic heterocycles. The number of rotatable bonds is 4. The number of hydrogen-bond acceptors (Lipinski definition) is 4. The lowest BCUT2D eigenvalue weighted by Gasteiger charge is -2.09. The van der Waals surface area contributed by atoms with Crippen molar-refractivity contribution in [1.82, 2.24) is 20.6 Å². The maximum Gasteiger partial charge on any atom is 0.204 e. The average molecular weight is 331 g/mol. The van der Waals surface area contributed by atoms with Gasteiger partial charge in [0.15, 0.2) is 0 Å². The van der Waals surface area contributed by atoms with Crippen LogP contribution >= 0.6 is 15.9 Å². The van der Waals surface area contributed by atoms with Crippen LogP contribution in [0.3, 0.4) is 0 Å². The van der Waals surface area contributed by atoms with Crippen LogP contribution in [-0.2, 0) is 6.61 Å². The second-order valence-electron chi connectivity index (χ2n) is 4.15. The molecule has 0 fully saturated rings. The molecule has 3 rings (SSSR count). The molecule has 0 atom stereocenters. The number of benzene rings is 2. The molecule has 0 spiro atoms. The molecule has 2 aromatic carbocycles. The summed E-state index contributed by atoms with van der Waals surface area (Å²) in [5.74, 6) is 1.33. The van der Waals surface area contributed by atoms with Crippen molar-refractivity contribution in [3.63, 3.8) is 0 Å². The van der Waals surface area contributed by atoms with Gasteiger partial charge in [0.05, 0.1) is 4.47 Å². The van der Waals surface area contributed by atoms with Gasteiger partial charge in [-0.05, 0) is 44.9 Å². The van der Waals surface area contributed by atoms with Crippen LogP contribution in [-0.4, -0.2) is 20.6 Å². The van der Waals surface area contributed by atoms with Crippen molar-refractivity contribution in [2.45, 2.75) is 6.61 Å². The van der Waals surface area contributed by atoms with Crippen LogP contribution in [0.1, 0.15) is 5.56 Å². The summed E-state index contributed by atoms with van der Waals surface area (Å²) in [5.41, 5.74) is 2.00. The molecule has 0 amide bonds. The average Bonchev–Trinajstić information content (AvgIpc) is 3.01. The molecule has 0 aliphatic rings. The van der Waals surface area contributed by atoms with E-state index in [4.69, 9.17) is 4.74 Å². The third-order valence-corrected chi connectivity index (χ3v) is 3.39. The number of aromatic nitrogens is 4. The van der Waals surface area contributed by atoms with E-state index in [2.05, 4.69) is 36.6 Å². The molecule has 1 N–H and O–H groups in total. The first-order valence-corrected chi connectivity index (χ1v) is 6.82. The standard InChI is InChI=1S/C14H11BrN4O/c15-12-8-11(14-16-18-19-17-14)6-7-13(12)20-9-10-4-2-1-3-5-10/h1-8H,9H2,(H,16,17,18,19). The second kappa shape index (κ2) is 5.83. The summed E-state index contributed by atoms with van der Waals surface area (Å²) in [6.45, 7) is 0.529. The summed E-state index contributed by atoms with van der Waals surface area (Å²) >= 11 is 3.50. The smallest absolute Gasteiger partial charge is 0.204 e.